The molecule has 4 rings (SSSR count). The molecular formula is C22H34N4O5S. The Bertz CT molecular complexity index is 922. The molecular weight excluding hydrogens is 432 g/mol. The van der Waals surface area contributed by atoms with Crippen molar-refractivity contribution in [3.63, 3.8) is 0 Å². The second-order valence-corrected chi connectivity index (χ2v) is 10.9. The van der Waals surface area contributed by atoms with Crippen LogP contribution in [0.5, 0.6) is 5.75 Å². The number of pyridine rings is 1. The Balaban J connectivity index is 1.24. The van der Waals surface area contributed by atoms with E-state index in [1.807, 2.05) is 12.3 Å². The quantitative estimate of drug-likeness (QED) is 0.570. The van der Waals surface area contributed by atoms with Crippen LogP contribution in [0.25, 0.3) is 0 Å². The number of rotatable bonds is 8. The van der Waals surface area contributed by atoms with Crippen molar-refractivity contribution in [1.82, 2.24) is 9.88 Å². The van der Waals surface area contributed by atoms with Crippen LogP contribution in [0.4, 0.5) is 5.82 Å². The van der Waals surface area contributed by atoms with E-state index < -0.39 is 21.6 Å². The Morgan fingerprint density at radius 1 is 1.28 bits per heavy atom. The van der Waals surface area contributed by atoms with Crippen molar-refractivity contribution < 1.29 is 22.1 Å². The molecule has 2 aliphatic heterocycles. The second kappa shape index (κ2) is 9.52. The summed E-state index contributed by atoms with van der Waals surface area (Å²) < 4.78 is 34.9. The summed E-state index contributed by atoms with van der Waals surface area (Å²) >= 11 is 0. The maximum absolute atomic E-state index is 12.0. The lowest BCUT2D eigenvalue weighted by atomic mass is 9.77. The molecule has 1 aromatic rings. The van der Waals surface area contributed by atoms with Gasteiger partial charge < -0.3 is 15.4 Å². The third-order valence-corrected chi connectivity index (χ3v) is 8.39. The number of carbonyl (C=O) groups excluding carboxylic acids is 1. The Kier molecular flexibility index (Phi) is 6.92. The average molecular weight is 467 g/mol. The molecule has 2 fully saturated rings. The normalized spacial score (nSPS) is 26.5. The molecule has 0 bridgehead atoms. The minimum atomic E-state index is -3.73. The van der Waals surface area contributed by atoms with Crippen LogP contribution in [0, 0.1) is 5.92 Å². The van der Waals surface area contributed by atoms with Gasteiger partial charge in [0.25, 0.3) is 16.0 Å². The number of ether oxygens (including phenoxy) is 1. The van der Waals surface area contributed by atoms with E-state index in [1.54, 1.807) is 0 Å². The van der Waals surface area contributed by atoms with Gasteiger partial charge in [0, 0.05) is 44.4 Å². The van der Waals surface area contributed by atoms with E-state index in [0.29, 0.717) is 18.8 Å². The molecule has 178 valence electrons. The van der Waals surface area contributed by atoms with Gasteiger partial charge >= 0.3 is 0 Å². The monoisotopic (exact) mass is 466 g/mol. The molecule has 1 amide bonds. The third-order valence-electron chi connectivity index (χ3n) is 7.11. The summed E-state index contributed by atoms with van der Waals surface area (Å²) in [6.45, 7) is 7.02. The van der Waals surface area contributed by atoms with Crippen molar-refractivity contribution in [2.45, 2.75) is 51.0 Å². The third kappa shape index (κ3) is 5.02. The number of primary amides is 1. The Labute approximate surface area is 190 Å². The first-order valence-corrected chi connectivity index (χ1v) is 13.2. The number of fused-ring (bicyclic) bond motifs is 1. The number of nitrogens with two attached hydrogens (primary N) is 1. The molecule has 0 spiro atoms. The molecule has 3 aliphatic rings. The summed E-state index contributed by atoms with van der Waals surface area (Å²) in [6, 6.07) is 2.04. The minimum Gasteiger partial charge on any atom is -0.489 e. The standard InChI is InChI=1S/C22H34N4O5S/c1-2-32(28,29)31-22(21(23)27)8-3-17(4-9-22)6-11-25-12-14-26(15-13-25)20-19-18(5-10-24-20)7-16-30-19/h5,10,17H,2-4,6-9,11-16H2,1H3,(H2,23,27). The molecule has 32 heavy (non-hydrogen) atoms. The first-order valence-electron chi connectivity index (χ1n) is 11.6. The molecule has 3 heterocycles. The number of aromatic nitrogens is 1. The van der Waals surface area contributed by atoms with Gasteiger partial charge in [-0.1, -0.05) is 0 Å². The van der Waals surface area contributed by atoms with E-state index in [2.05, 4.69) is 14.8 Å². The zero-order valence-electron chi connectivity index (χ0n) is 18.8. The first-order chi connectivity index (χ1) is 15.3. The molecule has 0 unspecified atom stereocenters. The lowest BCUT2D eigenvalue weighted by Gasteiger charge is -2.39. The van der Waals surface area contributed by atoms with E-state index >= 15 is 0 Å². The number of hydrogen-bond donors (Lipinski definition) is 1. The summed E-state index contributed by atoms with van der Waals surface area (Å²) in [6.07, 6.45) is 6.09. The van der Waals surface area contributed by atoms with Crippen molar-refractivity contribution >= 4 is 21.8 Å². The van der Waals surface area contributed by atoms with Gasteiger partial charge in [-0.15, -0.1) is 0 Å². The van der Waals surface area contributed by atoms with Crippen LogP contribution >= 0.6 is 0 Å². The maximum atomic E-state index is 12.0. The van der Waals surface area contributed by atoms with Crippen molar-refractivity contribution in [3.05, 3.63) is 17.8 Å². The highest BCUT2D eigenvalue weighted by Crippen LogP contribution is 2.38. The fourth-order valence-corrected chi connectivity index (χ4v) is 5.82. The Morgan fingerprint density at radius 3 is 2.66 bits per heavy atom. The lowest BCUT2D eigenvalue weighted by molar-refractivity contribution is -0.136. The van der Waals surface area contributed by atoms with Gasteiger partial charge in [0.15, 0.2) is 17.2 Å². The largest absolute Gasteiger partial charge is 0.489 e. The Morgan fingerprint density at radius 2 is 2.00 bits per heavy atom. The summed E-state index contributed by atoms with van der Waals surface area (Å²) in [5, 5.41) is 0. The molecule has 9 nitrogen and oxygen atoms in total. The average Bonchev–Trinajstić information content (AvgIpc) is 3.28. The summed E-state index contributed by atoms with van der Waals surface area (Å²) in [4.78, 5) is 21.4. The van der Waals surface area contributed by atoms with Crippen LogP contribution < -0.4 is 15.4 Å². The van der Waals surface area contributed by atoms with Crippen LogP contribution in [0.3, 0.4) is 0 Å². The zero-order valence-corrected chi connectivity index (χ0v) is 19.6. The number of nitrogens with zero attached hydrogens (tertiary/aromatic N) is 3. The molecule has 1 saturated carbocycles. The van der Waals surface area contributed by atoms with E-state index in [1.165, 1.54) is 12.5 Å². The van der Waals surface area contributed by atoms with Crippen LogP contribution in [0.1, 0.15) is 44.6 Å². The van der Waals surface area contributed by atoms with Gasteiger partial charge in [-0.2, -0.15) is 8.42 Å². The van der Waals surface area contributed by atoms with Crippen molar-refractivity contribution in [3.8, 4) is 5.75 Å². The number of carbonyl (C=O) groups is 1. The summed E-state index contributed by atoms with van der Waals surface area (Å²) in [5.41, 5.74) is 5.41. The second-order valence-electron chi connectivity index (χ2n) is 9.07. The van der Waals surface area contributed by atoms with Gasteiger partial charge in [-0.05, 0) is 57.6 Å². The van der Waals surface area contributed by atoms with Crippen molar-refractivity contribution in [1.29, 1.82) is 0 Å². The minimum absolute atomic E-state index is 0.162. The van der Waals surface area contributed by atoms with Crippen LogP contribution in [0.15, 0.2) is 12.3 Å². The lowest BCUT2D eigenvalue weighted by Crippen LogP contribution is -2.50. The molecule has 2 N–H and O–H groups in total. The molecule has 1 aliphatic carbocycles. The molecule has 1 saturated heterocycles. The molecule has 0 atom stereocenters. The molecule has 0 aromatic carbocycles. The number of hydrogen-bond acceptors (Lipinski definition) is 8. The highest BCUT2D eigenvalue weighted by molar-refractivity contribution is 7.86. The molecule has 0 radical (unpaired) electrons. The first kappa shape index (κ1) is 23.3. The van der Waals surface area contributed by atoms with Gasteiger partial charge in [-0.25, -0.2) is 4.98 Å². The SMILES string of the molecule is CCS(=O)(=O)OC1(C(N)=O)CCC(CCN2CCN(c3nccc4c3OCC4)CC2)CC1. The molecule has 1 aromatic heterocycles. The summed E-state index contributed by atoms with van der Waals surface area (Å²) in [7, 11) is -3.73. The number of anilines is 1. The zero-order chi connectivity index (χ0) is 22.8. The van der Waals surface area contributed by atoms with Gasteiger partial charge in [0.2, 0.25) is 0 Å². The molecule has 10 heteroatoms. The van der Waals surface area contributed by atoms with E-state index in [9.17, 15) is 13.2 Å². The number of piperazine rings is 1. The van der Waals surface area contributed by atoms with Crippen molar-refractivity contribution in [2.24, 2.45) is 11.7 Å². The van der Waals surface area contributed by atoms with Gasteiger partial charge in [0.05, 0.1) is 12.4 Å². The smallest absolute Gasteiger partial charge is 0.268 e. The highest BCUT2D eigenvalue weighted by atomic mass is 32.2. The predicted octanol–water partition coefficient (Wildman–Crippen LogP) is 1.31. The van der Waals surface area contributed by atoms with E-state index in [4.69, 9.17) is 14.7 Å². The van der Waals surface area contributed by atoms with Gasteiger partial charge in [0.1, 0.15) is 0 Å². The topological polar surface area (TPSA) is 115 Å². The van der Waals surface area contributed by atoms with E-state index in [0.717, 1.165) is 76.6 Å². The predicted molar refractivity (Wildman–Crippen MR) is 121 cm³/mol. The fourth-order valence-electron chi connectivity index (χ4n) is 4.97. The highest BCUT2D eigenvalue weighted by Gasteiger charge is 2.45. The van der Waals surface area contributed by atoms with Crippen LogP contribution in [-0.4, -0.2) is 74.9 Å². The van der Waals surface area contributed by atoms with Crippen LogP contribution in [0.2, 0.25) is 0 Å². The Hall–Kier alpha value is -1.91. The van der Waals surface area contributed by atoms with Gasteiger partial charge in [-0.3, -0.25) is 13.9 Å². The number of amides is 1. The summed E-state index contributed by atoms with van der Waals surface area (Å²) in [5.74, 6) is 1.53. The van der Waals surface area contributed by atoms with E-state index in [-0.39, 0.29) is 5.75 Å². The maximum Gasteiger partial charge on any atom is 0.268 e. The van der Waals surface area contributed by atoms with Crippen LogP contribution in [-0.2, 0) is 25.5 Å². The fraction of sp³-hybridized carbons (Fsp3) is 0.727. The van der Waals surface area contributed by atoms with Crippen molar-refractivity contribution in [2.75, 3.05) is 50.0 Å².